The number of ether oxygens (including phenoxy) is 3. The number of benzene rings is 1. The number of hydrogen-bond acceptors (Lipinski definition) is 7. The van der Waals surface area contributed by atoms with E-state index in [2.05, 4.69) is 14.8 Å². The van der Waals surface area contributed by atoms with Gasteiger partial charge in [-0.1, -0.05) is 12.8 Å². The Morgan fingerprint density at radius 3 is 2.33 bits per heavy atom. The van der Waals surface area contributed by atoms with Crippen LogP contribution in [0.5, 0.6) is 0 Å². The van der Waals surface area contributed by atoms with Crippen LogP contribution >= 0.6 is 0 Å². The maximum atomic E-state index is 12.1. The molecule has 0 unspecified atom stereocenters. The van der Waals surface area contributed by atoms with E-state index in [1.165, 1.54) is 32.4 Å². The zero-order valence-corrected chi connectivity index (χ0v) is 15.4. The number of esters is 3. The van der Waals surface area contributed by atoms with Crippen LogP contribution in [-0.2, 0) is 23.8 Å². The zero-order valence-electron chi connectivity index (χ0n) is 15.4. The molecule has 1 N–H and O–H groups in total. The Labute approximate surface area is 157 Å². The van der Waals surface area contributed by atoms with Crippen LogP contribution in [-0.4, -0.2) is 44.6 Å². The van der Waals surface area contributed by atoms with Crippen molar-refractivity contribution >= 4 is 29.5 Å². The van der Waals surface area contributed by atoms with Crippen molar-refractivity contribution in [3.05, 3.63) is 29.3 Å². The molecule has 1 aliphatic carbocycles. The molecule has 1 fully saturated rings. The fourth-order valence-electron chi connectivity index (χ4n) is 3.02. The molecular formula is C19H23NO7. The normalized spacial score (nSPS) is 13.7. The molecule has 0 heterocycles. The quantitative estimate of drug-likeness (QED) is 0.574. The lowest BCUT2D eigenvalue weighted by Crippen LogP contribution is -2.23. The summed E-state index contributed by atoms with van der Waals surface area (Å²) in [7, 11) is 2.42. The molecule has 27 heavy (non-hydrogen) atoms. The van der Waals surface area contributed by atoms with Crippen LogP contribution in [0.3, 0.4) is 0 Å². The van der Waals surface area contributed by atoms with Gasteiger partial charge >= 0.3 is 17.9 Å². The average Bonchev–Trinajstić information content (AvgIpc) is 3.18. The summed E-state index contributed by atoms with van der Waals surface area (Å²) in [6.45, 7) is -0.478. The van der Waals surface area contributed by atoms with Gasteiger partial charge in [-0.2, -0.15) is 0 Å². The Kier molecular flexibility index (Phi) is 7.34. The molecule has 1 aromatic carbocycles. The van der Waals surface area contributed by atoms with Crippen LogP contribution in [0.4, 0.5) is 5.69 Å². The highest BCUT2D eigenvalue weighted by Crippen LogP contribution is 2.27. The molecule has 0 radical (unpaired) electrons. The number of hydrogen-bond donors (Lipinski definition) is 1. The first-order valence-electron chi connectivity index (χ1n) is 8.70. The lowest BCUT2D eigenvalue weighted by Gasteiger charge is -2.12. The molecule has 1 amide bonds. The summed E-state index contributed by atoms with van der Waals surface area (Å²) in [5.74, 6) is -2.02. The number of carbonyl (C=O) groups excluding carboxylic acids is 4. The first-order chi connectivity index (χ1) is 12.9. The molecule has 0 spiro atoms. The molecule has 2 rings (SSSR count). The number of amides is 1. The predicted octanol–water partition coefficient (Wildman–Crippen LogP) is 2.32. The molecule has 1 aromatic rings. The Hall–Kier alpha value is -2.90. The van der Waals surface area contributed by atoms with Gasteiger partial charge in [0.25, 0.3) is 5.91 Å². The predicted molar refractivity (Wildman–Crippen MR) is 95.3 cm³/mol. The minimum absolute atomic E-state index is 0.0655. The molecule has 8 heteroatoms. The largest absolute Gasteiger partial charge is 0.465 e. The van der Waals surface area contributed by atoms with Gasteiger partial charge in [0, 0.05) is 6.42 Å². The summed E-state index contributed by atoms with van der Waals surface area (Å²) in [5, 5.41) is 2.47. The first kappa shape index (κ1) is 20.4. The summed E-state index contributed by atoms with van der Waals surface area (Å²) in [6, 6.07) is 4.03. The zero-order chi connectivity index (χ0) is 19.8. The van der Waals surface area contributed by atoms with E-state index in [1.54, 1.807) is 0 Å². The molecule has 0 atom stereocenters. The second-order valence-electron chi connectivity index (χ2n) is 6.31. The van der Waals surface area contributed by atoms with Gasteiger partial charge in [0.05, 0.1) is 31.0 Å². The van der Waals surface area contributed by atoms with Crippen LogP contribution in [0.15, 0.2) is 18.2 Å². The highest BCUT2D eigenvalue weighted by Gasteiger charge is 2.21. The van der Waals surface area contributed by atoms with Crippen molar-refractivity contribution in [2.75, 3.05) is 26.1 Å². The Bertz CT molecular complexity index is 723. The van der Waals surface area contributed by atoms with E-state index in [0.29, 0.717) is 12.3 Å². The van der Waals surface area contributed by atoms with Gasteiger partial charge in [-0.25, -0.2) is 9.59 Å². The first-order valence-corrected chi connectivity index (χ1v) is 8.70. The third-order valence-electron chi connectivity index (χ3n) is 4.41. The van der Waals surface area contributed by atoms with Gasteiger partial charge in [0.15, 0.2) is 6.61 Å². The van der Waals surface area contributed by atoms with Gasteiger partial charge in [-0.05, 0) is 37.0 Å². The summed E-state index contributed by atoms with van der Waals surface area (Å²) < 4.78 is 14.3. The molecular weight excluding hydrogens is 354 g/mol. The number of rotatable bonds is 7. The van der Waals surface area contributed by atoms with Gasteiger partial charge in [-0.3, -0.25) is 9.59 Å². The third-order valence-corrected chi connectivity index (χ3v) is 4.41. The van der Waals surface area contributed by atoms with E-state index in [-0.39, 0.29) is 16.8 Å². The van der Waals surface area contributed by atoms with Gasteiger partial charge in [0.2, 0.25) is 0 Å². The molecule has 8 nitrogen and oxygen atoms in total. The second kappa shape index (κ2) is 9.70. The van der Waals surface area contributed by atoms with Crippen LogP contribution < -0.4 is 5.32 Å². The Morgan fingerprint density at radius 2 is 1.70 bits per heavy atom. The number of anilines is 1. The lowest BCUT2D eigenvalue weighted by atomic mass is 10.0. The van der Waals surface area contributed by atoms with E-state index in [0.717, 1.165) is 25.7 Å². The van der Waals surface area contributed by atoms with Crippen LogP contribution in [0.2, 0.25) is 0 Å². The van der Waals surface area contributed by atoms with E-state index in [1.807, 2.05) is 0 Å². The van der Waals surface area contributed by atoms with Crippen molar-refractivity contribution in [2.24, 2.45) is 5.92 Å². The molecule has 1 aliphatic rings. The van der Waals surface area contributed by atoms with Gasteiger partial charge in [0.1, 0.15) is 0 Å². The Balaban J connectivity index is 2.00. The van der Waals surface area contributed by atoms with Crippen molar-refractivity contribution < 1.29 is 33.4 Å². The standard InChI is InChI=1S/C19H23NO7/c1-25-18(23)13-7-8-14(19(24)26-2)15(10-13)20-16(21)11-27-17(22)9-12-5-3-4-6-12/h7-8,10,12H,3-6,9,11H2,1-2H3,(H,20,21). The number of methoxy groups -OCH3 is 2. The highest BCUT2D eigenvalue weighted by atomic mass is 16.5. The SMILES string of the molecule is COC(=O)c1ccc(C(=O)OC)c(NC(=O)COC(=O)CC2CCCC2)c1. The summed E-state index contributed by atoms with van der Waals surface area (Å²) >= 11 is 0. The highest BCUT2D eigenvalue weighted by molar-refractivity contribution is 6.03. The molecule has 0 aliphatic heterocycles. The van der Waals surface area contributed by atoms with Crippen LogP contribution in [0, 0.1) is 5.92 Å². The molecule has 1 saturated carbocycles. The minimum Gasteiger partial charge on any atom is -0.465 e. The number of nitrogens with one attached hydrogen (secondary N) is 1. The van der Waals surface area contributed by atoms with E-state index >= 15 is 0 Å². The van der Waals surface area contributed by atoms with Gasteiger partial charge < -0.3 is 19.5 Å². The number of carbonyl (C=O) groups is 4. The lowest BCUT2D eigenvalue weighted by molar-refractivity contribution is -0.148. The molecule has 0 aromatic heterocycles. The van der Waals surface area contributed by atoms with Crippen molar-refractivity contribution in [3.63, 3.8) is 0 Å². The van der Waals surface area contributed by atoms with Gasteiger partial charge in [-0.15, -0.1) is 0 Å². The fourth-order valence-corrected chi connectivity index (χ4v) is 3.02. The van der Waals surface area contributed by atoms with E-state index < -0.39 is 30.4 Å². The molecule has 0 bridgehead atoms. The monoisotopic (exact) mass is 377 g/mol. The minimum atomic E-state index is -0.681. The van der Waals surface area contributed by atoms with Crippen molar-refractivity contribution in [1.82, 2.24) is 0 Å². The summed E-state index contributed by atoms with van der Waals surface area (Å²) in [4.78, 5) is 47.4. The van der Waals surface area contributed by atoms with E-state index in [4.69, 9.17) is 4.74 Å². The van der Waals surface area contributed by atoms with Crippen molar-refractivity contribution in [3.8, 4) is 0 Å². The molecule has 146 valence electrons. The summed E-state index contributed by atoms with van der Waals surface area (Å²) in [5.41, 5.74) is 0.288. The third kappa shape index (κ3) is 5.80. The summed E-state index contributed by atoms with van der Waals surface area (Å²) in [6.07, 6.45) is 4.54. The smallest absolute Gasteiger partial charge is 0.339 e. The fraction of sp³-hybridized carbons (Fsp3) is 0.474. The second-order valence-corrected chi connectivity index (χ2v) is 6.31. The average molecular weight is 377 g/mol. The van der Waals surface area contributed by atoms with Crippen molar-refractivity contribution in [2.45, 2.75) is 32.1 Å². The maximum Gasteiger partial charge on any atom is 0.339 e. The molecule has 0 saturated heterocycles. The maximum absolute atomic E-state index is 12.1. The van der Waals surface area contributed by atoms with Crippen LogP contribution in [0.1, 0.15) is 52.8 Å². The van der Waals surface area contributed by atoms with Crippen molar-refractivity contribution in [1.29, 1.82) is 0 Å². The van der Waals surface area contributed by atoms with E-state index in [9.17, 15) is 19.2 Å². The van der Waals surface area contributed by atoms with Crippen LogP contribution in [0.25, 0.3) is 0 Å². The topological polar surface area (TPSA) is 108 Å². The Morgan fingerprint density at radius 1 is 1.04 bits per heavy atom.